The van der Waals surface area contributed by atoms with Gasteiger partial charge < -0.3 is 40.1 Å². The summed E-state index contributed by atoms with van der Waals surface area (Å²) in [6, 6.07) is 18.9. The number of halogens is 4. The predicted octanol–water partition coefficient (Wildman–Crippen LogP) is 9.81. The lowest BCUT2D eigenvalue weighted by atomic mass is 9.99. The first kappa shape index (κ1) is 58.2. The van der Waals surface area contributed by atoms with Crippen LogP contribution in [0.2, 0.25) is 10.0 Å². The minimum Gasteiger partial charge on any atom is -0.444 e. The molecule has 412 valence electrons. The molecule has 0 radical (unpaired) electrons. The standard InChI is InChI=1S/C30H36ClFN4O4.C28H34ClFN4O3/c1-19-12-22(27(13-26(19)31)33-20(2)37)8-11-28(38)36-24-15-34(14-21-6-9-23(32)10-7-21)16-25(36)18-35(17-24)29(39)40-30(3,4)5;1-18-11-20(25(31)12-24(18)29)7-10-26(35)34-22-14-32(13-19-5-8-21(30)9-6-19)15-23(34)17-33(16-22)27(36)37-28(2,3)4/h6-13,24-25H,14-18H2,1-5H3,(H,33,37);5-12,22-23H,13-17,31H2,1-4H3/b11-8+;10-7+. The van der Waals surface area contributed by atoms with E-state index in [1.807, 2.05) is 77.3 Å². The second kappa shape index (κ2) is 24.4. The first-order chi connectivity index (χ1) is 36.2. The van der Waals surface area contributed by atoms with E-state index in [1.54, 1.807) is 58.4 Å². The molecule has 4 heterocycles. The third-order valence-corrected chi connectivity index (χ3v) is 14.3. The average Bonchev–Trinajstić information content (AvgIpc) is 3.34. The third-order valence-electron chi connectivity index (χ3n) is 13.4. The molecule has 77 heavy (non-hydrogen) atoms. The van der Waals surface area contributed by atoms with Gasteiger partial charge in [-0.25, -0.2) is 18.4 Å². The van der Waals surface area contributed by atoms with Crippen molar-refractivity contribution < 1.29 is 42.2 Å². The zero-order chi connectivity index (χ0) is 56.1. The maximum Gasteiger partial charge on any atom is 0.410 e. The van der Waals surface area contributed by atoms with Gasteiger partial charge in [0.2, 0.25) is 17.7 Å². The number of anilines is 2. The Morgan fingerprint density at radius 3 is 1.34 bits per heavy atom. The van der Waals surface area contributed by atoms with E-state index in [0.29, 0.717) is 92.4 Å². The fraction of sp³-hybridized carbons (Fsp3) is 0.431. The van der Waals surface area contributed by atoms with E-state index in [0.717, 1.165) is 27.8 Å². The smallest absolute Gasteiger partial charge is 0.410 e. The molecule has 15 nitrogen and oxygen atoms in total. The Labute approximate surface area is 460 Å². The largest absolute Gasteiger partial charge is 0.444 e. The Bertz CT molecular complexity index is 2860. The molecule has 0 saturated carbocycles. The number of nitrogens with two attached hydrogens (primary N) is 1. The first-order valence-corrected chi connectivity index (χ1v) is 26.5. The normalized spacial score (nSPS) is 20.0. The van der Waals surface area contributed by atoms with E-state index in [2.05, 4.69) is 15.1 Å². The molecule has 4 aromatic carbocycles. The van der Waals surface area contributed by atoms with Crippen molar-refractivity contribution in [2.24, 2.45) is 0 Å². The van der Waals surface area contributed by atoms with Crippen molar-refractivity contribution in [3.8, 4) is 0 Å². The van der Waals surface area contributed by atoms with E-state index >= 15 is 0 Å². The van der Waals surface area contributed by atoms with Gasteiger partial charge >= 0.3 is 12.2 Å². The van der Waals surface area contributed by atoms with Gasteiger partial charge in [0.1, 0.15) is 22.8 Å². The van der Waals surface area contributed by atoms with E-state index < -0.39 is 17.3 Å². The molecular formula is C58H70Cl2F2N8O7. The van der Waals surface area contributed by atoms with Gasteiger partial charge in [-0.05, 0) is 149 Å². The Hall–Kier alpha value is -6.53. The Morgan fingerprint density at radius 1 is 0.597 bits per heavy atom. The lowest BCUT2D eigenvalue weighted by Crippen LogP contribution is -2.70. The van der Waals surface area contributed by atoms with Crippen LogP contribution in [0.5, 0.6) is 0 Å². The fourth-order valence-corrected chi connectivity index (χ4v) is 10.5. The van der Waals surface area contributed by atoms with Crippen LogP contribution >= 0.6 is 23.2 Å². The second-order valence-corrected chi connectivity index (χ2v) is 23.1. The van der Waals surface area contributed by atoms with Crippen LogP contribution in [0, 0.1) is 25.5 Å². The van der Waals surface area contributed by atoms with Crippen LogP contribution < -0.4 is 11.1 Å². The number of benzene rings is 4. The molecule has 5 amide bonds. The van der Waals surface area contributed by atoms with Crippen molar-refractivity contribution in [3.63, 3.8) is 0 Å². The van der Waals surface area contributed by atoms with Gasteiger partial charge in [-0.15, -0.1) is 0 Å². The number of hydrogen-bond acceptors (Lipinski definition) is 10. The van der Waals surface area contributed by atoms with Crippen molar-refractivity contribution in [2.45, 2.75) is 111 Å². The number of carbonyl (C=O) groups is 5. The summed E-state index contributed by atoms with van der Waals surface area (Å²) in [5, 5.41) is 3.86. The molecule has 4 aliphatic heterocycles. The number of nitrogen functional groups attached to an aromatic ring is 1. The summed E-state index contributed by atoms with van der Waals surface area (Å²) in [4.78, 5) is 76.1. The molecule has 4 unspecified atom stereocenters. The van der Waals surface area contributed by atoms with E-state index in [-0.39, 0.29) is 59.6 Å². The fourth-order valence-electron chi connectivity index (χ4n) is 10.2. The number of fused-ring (bicyclic) bond motifs is 4. The monoisotopic (exact) mass is 1100 g/mol. The van der Waals surface area contributed by atoms with Gasteiger partial charge in [-0.1, -0.05) is 47.5 Å². The number of carbonyl (C=O) groups excluding carboxylic acids is 5. The van der Waals surface area contributed by atoms with Gasteiger partial charge in [-0.2, -0.15) is 0 Å². The zero-order valence-electron chi connectivity index (χ0n) is 45.2. The number of aryl methyl sites for hydroxylation is 2. The molecule has 4 fully saturated rings. The van der Waals surface area contributed by atoms with Gasteiger partial charge in [0, 0.05) is 106 Å². The van der Waals surface area contributed by atoms with Gasteiger partial charge in [0.05, 0.1) is 24.2 Å². The summed E-state index contributed by atoms with van der Waals surface area (Å²) in [5.41, 5.74) is 11.0. The SMILES string of the molecule is CC(=O)Nc1cc(Cl)c(C)cc1/C=C/C(=O)N1C2CN(Cc3ccc(F)cc3)CC1CN(C(=O)OC(C)(C)C)C2.Cc1cc(/C=C/C(=O)N2C3CN(Cc4ccc(F)cc4)CC2CN(C(=O)OC(C)(C)C)C3)c(N)cc1Cl. The van der Waals surface area contributed by atoms with Crippen molar-refractivity contribution >= 4 is 76.6 Å². The summed E-state index contributed by atoms with van der Waals surface area (Å²) in [5.74, 6) is -1.11. The van der Waals surface area contributed by atoms with Crippen molar-refractivity contribution in [1.29, 1.82) is 0 Å². The number of piperazine rings is 4. The Balaban J connectivity index is 0.000000224. The third kappa shape index (κ3) is 15.8. The molecular weight excluding hydrogens is 1030 g/mol. The molecule has 0 aromatic heterocycles. The number of rotatable bonds is 9. The Kier molecular flexibility index (Phi) is 18.4. The zero-order valence-corrected chi connectivity index (χ0v) is 46.8. The summed E-state index contributed by atoms with van der Waals surface area (Å²) in [6.07, 6.45) is 5.68. The van der Waals surface area contributed by atoms with Crippen LogP contribution in [-0.4, -0.2) is 147 Å². The molecule has 0 aliphatic carbocycles. The van der Waals surface area contributed by atoms with Crippen LogP contribution in [0.1, 0.15) is 81.8 Å². The summed E-state index contributed by atoms with van der Waals surface area (Å²) >= 11 is 12.4. The summed E-state index contributed by atoms with van der Waals surface area (Å²) in [6.45, 7) is 21.1. The molecule has 4 atom stereocenters. The highest BCUT2D eigenvalue weighted by atomic mass is 35.5. The molecule has 19 heteroatoms. The minimum absolute atomic E-state index is 0.132. The number of amides is 5. The summed E-state index contributed by atoms with van der Waals surface area (Å²) < 4.78 is 38.0. The van der Waals surface area contributed by atoms with Crippen molar-refractivity contribution in [3.05, 3.63) is 140 Å². The van der Waals surface area contributed by atoms with E-state index in [1.165, 1.54) is 43.3 Å². The Morgan fingerprint density at radius 2 is 0.961 bits per heavy atom. The average molecular weight is 1100 g/mol. The number of nitrogens with one attached hydrogen (secondary N) is 1. The lowest BCUT2D eigenvalue weighted by molar-refractivity contribution is -0.141. The predicted molar refractivity (Wildman–Crippen MR) is 297 cm³/mol. The lowest BCUT2D eigenvalue weighted by Gasteiger charge is -2.52. The second-order valence-electron chi connectivity index (χ2n) is 22.3. The topological polar surface area (TPSA) is 161 Å². The number of ether oxygens (including phenoxy) is 2. The molecule has 4 saturated heterocycles. The quantitative estimate of drug-likeness (QED) is 0.122. The highest BCUT2D eigenvalue weighted by Gasteiger charge is 2.46. The van der Waals surface area contributed by atoms with Gasteiger partial charge in [-0.3, -0.25) is 24.2 Å². The minimum atomic E-state index is -0.626. The maximum atomic E-state index is 13.6. The highest BCUT2D eigenvalue weighted by Crippen LogP contribution is 2.31. The van der Waals surface area contributed by atoms with E-state index in [9.17, 15) is 32.8 Å². The molecule has 4 bridgehead atoms. The number of hydrogen-bond donors (Lipinski definition) is 2. The van der Waals surface area contributed by atoms with Crippen LogP contribution in [0.15, 0.2) is 84.9 Å². The van der Waals surface area contributed by atoms with Gasteiger partial charge in [0.15, 0.2) is 0 Å². The van der Waals surface area contributed by atoms with Crippen LogP contribution in [0.4, 0.5) is 29.7 Å². The van der Waals surface area contributed by atoms with Crippen molar-refractivity contribution in [1.82, 2.24) is 29.4 Å². The van der Waals surface area contributed by atoms with Crippen LogP contribution in [-0.2, 0) is 36.9 Å². The molecule has 0 spiro atoms. The van der Waals surface area contributed by atoms with Crippen LogP contribution in [0.3, 0.4) is 0 Å². The first-order valence-electron chi connectivity index (χ1n) is 25.7. The summed E-state index contributed by atoms with van der Waals surface area (Å²) in [7, 11) is 0. The maximum absolute atomic E-state index is 13.6. The molecule has 3 N–H and O–H groups in total. The number of nitrogens with zero attached hydrogens (tertiary/aromatic N) is 6. The van der Waals surface area contributed by atoms with Crippen LogP contribution in [0.25, 0.3) is 12.2 Å². The molecule has 4 aliphatic rings. The highest BCUT2D eigenvalue weighted by molar-refractivity contribution is 6.32. The molecule has 4 aromatic rings. The van der Waals surface area contributed by atoms with Crippen molar-refractivity contribution in [2.75, 3.05) is 63.4 Å². The molecule has 8 rings (SSSR count). The van der Waals surface area contributed by atoms with Gasteiger partial charge in [0.25, 0.3) is 0 Å². The van der Waals surface area contributed by atoms with E-state index in [4.69, 9.17) is 38.4 Å².